The summed E-state index contributed by atoms with van der Waals surface area (Å²) >= 11 is 12.7. The van der Waals surface area contributed by atoms with E-state index < -0.39 is 0 Å². The van der Waals surface area contributed by atoms with Crippen LogP contribution in [0.2, 0.25) is 10.0 Å². The molecule has 3 fully saturated rings. The Morgan fingerprint density at radius 2 is 1.59 bits per heavy atom. The molecule has 2 unspecified atom stereocenters. The molecule has 2 aliphatic heterocycles. The third-order valence-electron chi connectivity index (χ3n) is 9.04. The van der Waals surface area contributed by atoms with Gasteiger partial charge < -0.3 is 19.7 Å². The first kappa shape index (κ1) is 32.4. The molecule has 1 N–H and O–H groups in total. The van der Waals surface area contributed by atoms with E-state index in [1.807, 2.05) is 18.2 Å². The van der Waals surface area contributed by atoms with E-state index in [9.17, 15) is 9.59 Å². The molecule has 2 aromatic heterocycles. The summed E-state index contributed by atoms with van der Waals surface area (Å²) in [6, 6.07) is 9.74. The maximum absolute atomic E-state index is 11.5. The number of hydrogen-bond acceptors (Lipinski definition) is 10. The second kappa shape index (κ2) is 14.5. The third kappa shape index (κ3) is 8.25. The summed E-state index contributed by atoms with van der Waals surface area (Å²) in [5.74, 6) is 2.54. The first-order chi connectivity index (χ1) is 22.2. The quantitative estimate of drug-likeness (QED) is 0.306. The maximum Gasteiger partial charge on any atom is 0.306 e. The number of methoxy groups -OCH3 is 1. The highest BCUT2D eigenvalue weighted by molar-refractivity contribution is 6.35. The molecule has 46 heavy (non-hydrogen) atoms. The van der Waals surface area contributed by atoms with Gasteiger partial charge in [-0.05, 0) is 67.6 Å². The maximum atomic E-state index is 11.5. The molecule has 1 aromatic carbocycles. The predicted molar refractivity (Wildman–Crippen MR) is 176 cm³/mol. The van der Waals surface area contributed by atoms with Crippen molar-refractivity contribution in [3.63, 3.8) is 0 Å². The zero-order valence-corrected chi connectivity index (χ0v) is 27.6. The highest BCUT2D eigenvalue weighted by Gasteiger charge is 2.50. The van der Waals surface area contributed by atoms with Gasteiger partial charge in [0.15, 0.2) is 5.75 Å². The molecular formula is C33H39Cl2N7O4. The fourth-order valence-corrected chi connectivity index (χ4v) is 7.12. The zero-order valence-electron chi connectivity index (χ0n) is 26.1. The summed E-state index contributed by atoms with van der Waals surface area (Å²) in [5.41, 5.74) is 2.58. The van der Waals surface area contributed by atoms with Gasteiger partial charge in [-0.25, -0.2) is 15.0 Å². The number of carbonyl (C=O) groups excluding carboxylic acids is 2. The van der Waals surface area contributed by atoms with E-state index in [1.54, 1.807) is 25.4 Å². The zero-order chi connectivity index (χ0) is 32.2. The number of piperazine rings is 1. The molecule has 0 spiro atoms. The van der Waals surface area contributed by atoms with Crippen LogP contribution in [0, 0.1) is 11.8 Å². The molecule has 1 amide bonds. The standard InChI is InChI=1S/C33H39Cl2N7O4/c1-21(43)38-32-27-3-6-41(7-4-28(27)32)20-22-13-29(23-15-24(34)17-25(35)16-23)39-30(14-22)46-26-18-36-33(37-19-26)42-11-9-40(10-12-42)8-5-31(44)45-2/h13-19,27-28,32H,3-12,20H2,1-2H3,(H,38,43). The van der Waals surface area contributed by atoms with E-state index in [0.717, 1.165) is 69.8 Å². The van der Waals surface area contributed by atoms with Crippen molar-refractivity contribution in [2.24, 2.45) is 11.8 Å². The molecule has 2 atom stereocenters. The summed E-state index contributed by atoms with van der Waals surface area (Å²) in [7, 11) is 1.41. The normalized spacial score (nSPS) is 21.7. The van der Waals surface area contributed by atoms with Crippen LogP contribution in [0.15, 0.2) is 42.7 Å². The summed E-state index contributed by atoms with van der Waals surface area (Å²) in [5, 5.41) is 4.18. The Kier molecular flexibility index (Phi) is 10.2. The summed E-state index contributed by atoms with van der Waals surface area (Å²) in [4.78, 5) is 43.8. The van der Waals surface area contributed by atoms with Crippen molar-refractivity contribution in [1.82, 2.24) is 30.1 Å². The van der Waals surface area contributed by atoms with E-state index in [-0.39, 0.29) is 11.9 Å². The molecule has 11 nitrogen and oxygen atoms in total. The number of ether oxygens (including phenoxy) is 2. The van der Waals surface area contributed by atoms with Crippen molar-refractivity contribution in [2.45, 2.75) is 38.8 Å². The first-order valence-electron chi connectivity index (χ1n) is 15.7. The minimum absolute atomic E-state index is 0.0554. The second-order valence-corrected chi connectivity index (χ2v) is 13.1. The molecule has 3 aromatic rings. The van der Waals surface area contributed by atoms with E-state index in [2.05, 4.69) is 36.1 Å². The number of halogens is 2. The smallest absolute Gasteiger partial charge is 0.306 e. The Morgan fingerprint density at radius 3 is 2.22 bits per heavy atom. The SMILES string of the molecule is COC(=O)CCN1CCN(c2ncc(Oc3cc(CN4CCC5C(CC4)C5NC(C)=O)cc(-c4cc(Cl)cc(Cl)c4)n3)cn2)CC1. The minimum atomic E-state index is -0.193. The van der Waals surface area contributed by atoms with Gasteiger partial charge in [0.25, 0.3) is 0 Å². The molecule has 13 heteroatoms. The average Bonchev–Trinajstić information content (AvgIpc) is 3.74. The highest BCUT2D eigenvalue weighted by atomic mass is 35.5. The summed E-state index contributed by atoms with van der Waals surface area (Å²) in [6.07, 6.45) is 5.85. The van der Waals surface area contributed by atoms with Gasteiger partial charge in [-0.1, -0.05) is 23.2 Å². The number of aromatic nitrogens is 3. The number of fused-ring (bicyclic) bond motifs is 1. The van der Waals surface area contributed by atoms with Gasteiger partial charge in [0.05, 0.1) is 31.6 Å². The van der Waals surface area contributed by atoms with Crippen LogP contribution in [0.1, 0.15) is 31.7 Å². The van der Waals surface area contributed by atoms with Crippen molar-refractivity contribution in [3.05, 3.63) is 58.3 Å². The van der Waals surface area contributed by atoms with Gasteiger partial charge >= 0.3 is 5.97 Å². The number of nitrogens with zero attached hydrogens (tertiary/aromatic N) is 6. The monoisotopic (exact) mass is 667 g/mol. The van der Waals surface area contributed by atoms with E-state index in [4.69, 9.17) is 37.7 Å². The van der Waals surface area contributed by atoms with Crippen LogP contribution in [0.5, 0.6) is 11.6 Å². The Hall–Kier alpha value is -3.51. The fourth-order valence-electron chi connectivity index (χ4n) is 6.59. The number of esters is 1. The largest absolute Gasteiger partial charge is 0.469 e. The van der Waals surface area contributed by atoms with Gasteiger partial charge in [-0.2, -0.15) is 0 Å². The molecule has 0 bridgehead atoms. The van der Waals surface area contributed by atoms with Crippen LogP contribution in [0.4, 0.5) is 5.95 Å². The van der Waals surface area contributed by atoms with Crippen molar-refractivity contribution in [1.29, 1.82) is 0 Å². The van der Waals surface area contributed by atoms with Gasteiger partial charge in [-0.15, -0.1) is 0 Å². The summed E-state index contributed by atoms with van der Waals surface area (Å²) < 4.78 is 11.0. The third-order valence-corrected chi connectivity index (χ3v) is 9.47. The number of amides is 1. The van der Waals surface area contributed by atoms with Crippen molar-refractivity contribution < 1.29 is 19.1 Å². The van der Waals surface area contributed by atoms with Crippen molar-refractivity contribution >= 4 is 41.0 Å². The number of rotatable bonds is 10. The van der Waals surface area contributed by atoms with Gasteiger partial charge in [0.2, 0.25) is 17.7 Å². The van der Waals surface area contributed by atoms with Crippen molar-refractivity contribution in [2.75, 3.05) is 57.8 Å². The number of carbonyl (C=O) groups is 2. The molecule has 1 saturated carbocycles. The Bertz CT molecular complexity index is 1520. The number of nitrogens with one attached hydrogen (secondary N) is 1. The van der Waals surface area contributed by atoms with E-state index >= 15 is 0 Å². The molecular weight excluding hydrogens is 629 g/mol. The van der Waals surface area contributed by atoms with Crippen molar-refractivity contribution in [3.8, 4) is 22.9 Å². The second-order valence-electron chi connectivity index (χ2n) is 12.2. The van der Waals surface area contributed by atoms with Crippen LogP contribution in [0.25, 0.3) is 11.3 Å². The lowest BCUT2D eigenvalue weighted by molar-refractivity contribution is -0.141. The minimum Gasteiger partial charge on any atom is -0.469 e. The fraction of sp³-hybridized carbons (Fsp3) is 0.485. The average molecular weight is 669 g/mol. The van der Waals surface area contributed by atoms with Gasteiger partial charge in [0, 0.05) is 73.9 Å². The van der Waals surface area contributed by atoms with Crippen LogP contribution in [-0.2, 0) is 20.9 Å². The molecule has 6 rings (SSSR count). The lowest BCUT2D eigenvalue weighted by Crippen LogP contribution is -2.47. The Balaban J connectivity index is 1.13. The predicted octanol–water partition coefficient (Wildman–Crippen LogP) is 4.67. The number of benzene rings is 1. The molecule has 4 heterocycles. The Labute approximate surface area is 279 Å². The Morgan fingerprint density at radius 1 is 0.913 bits per heavy atom. The lowest BCUT2D eigenvalue weighted by atomic mass is 10.1. The molecule has 2 saturated heterocycles. The molecule has 1 aliphatic carbocycles. The van der Waals surface area contributed by atoms with Gasteiger partial charge in [0.1, 0.15) is 0 Å². The van der Waals surface area contributed by atoms with Crippen LogP contribution in [-0.4, -0.2) is 95.6 Å². The lowest BCUT2D eigenvalue weighted by Gasteiger charge is -2.34. The van der Waals surface area contributed by atoms with Crippen LogP contribution in [0.3, 0.4) is 0 Å². The van der Waals surface area contributed by atoms with Gasteiger partial charge in [-0.3, -0.25) is 19.4 Å². The number of pyridine rings is 1. The molecule has 244 valence electrons. The van der Waals surface area contributed by atoms with E-state index in [1.165, 1.54) is 7.11 Å². The number of anilines is 1. The first-order valence-corrected chi connectivity index (χ1v) is 16.5. The topological polar surface area (TPSA) is 113 Å². The number of likely N-dealkylation sites (tertiary alicyclic amines) is 1. The van der Waals surface area contributed by atoms with Crippen LogP contribution >= 0.6 is 23.2 Å². The van der Waals surface area contributed by atoms with Crippen LogP contribution < -0.4 is 15.0 Å². The summed E-state index contributed by atoms with van der Waals surface area (Å²) in [6.45, 7) is 8.11. The molecule has 0 radical (unpaired) electrons. The highest BCUT2D eigenvalue weighted by Crippen LogP contribution is 2.46. The number of hydrogen-bond donors (Lipinski definition) is 1. The molecule has 3 aliphatic rings. The van der Waals surface area contributed by atoms with E-state index in [0.29, 0.717) is 64.2 Å².